The van der Waals surface area contributed by atoms with E-state index in [-0.39, 0.29) is 17.8 Å². The van der Waals surface area contributed by atoms with Crippen LogP contribution in [-0.4, -0.2) is 17.1 Å². The summed E-state index contributed by atoms with van der Waals surface area (Å²) in [6, 6.07) is 15.0. The van der Waals surface area contributed by atoms with Crippen molar-refractivity contribution in [3.63, 3.8) is 0 Å². The lowest BCUT2D eigenvalue weighted by molar-refractivity contribution is 0.248. The summed E-state index contributed by atoms with van der Waals surface area (Å²) in [5.41, 5.74) is 2.39. The van der Waals surface area contributed by atoms with Crippen LogP contribution in [0.25, 0.3) is 10.8 Å². The zero-order valence-electron chi connectivity index (χ0n) is 15.9. The van der Waals surface area contributed by atoms with Crippen LogP contribution in [0, 0.1) is 5.82 Å². The monoisotopic (exact) mass is 377 g/mol. The molecule has 5 heteroatoms. The zero-order valence-corrected chi connectivity index (χ0v) is 15.9. The van der Waals surface area contributed by atoms with E-state index in [1.807, 2.05) is 31.2 Å². The molecular formula is C23H24FN3O. The third kappa shape index (κ3) is 3.84. The number of hydrogen-bond donors (Lipinski definition) is 2. The van der Waals surface area contributed by atoms with Gasteiger partial charge in [0.15, 0.2) is 0 Å². The lowest BCUT2D eigenvalue weighted by Crippen LogP contribution is -2.36. The number of nitrogens with zero attached hydrogens (tertiary/aromatic N) is 1. The van der Waals surface area contributed by atoms with E-state index >= 15 is 0 Å². The highest BCUT2D eigenvalue weighted by molar-refractivity contribution is 6.01. The molecule has 3 aromatic rings. The van der Waals surface area contributed by atoms with Crippen LogP contribution in [0.3, 0.4) is 0 Å². The first-order valence-corrected chi connectivity index (χ1v) is 9.83. The number of rotatable bonds is 4. The molecule has 1 aromatic heterocycles. The van der Waals surface area contributed by atoms with E-state index in [9.17, 15) is 9.18 Å². The van der Waals surface area contributed by atoms with E-state index in [4.69, 9.17) is 0 Å². The first kappa shape index (κ1) is 18.4. The van der Waals surface area contributed by atoms with Gasteiger partial charge in [0.1, 0.15) is 5.82 Å². The number of amides is 2. The minimum absolute atomic E-state index is 0.0936. The molecule has 1 aliphatic carbocycles. The van der Waals surface area contributed by atoms with Gasteiger partial charge >= 0.3 is 6.03 Å². The molecule has 2 N–H and O–H groups in total. The average Bonchev–Trinajstić information content (AvgIpc) is 3.19. The summed E-state index contributed by atoms with van der Waals surface area (Å²) >= 11 is 0. The van der Waals surface area contributed by atoms with Gasteiger partial charge in [-0.3, -0.25) is 4.98 Å². The second-order valence-electron chi connectivity index (χ2n) is 7.39. The first-order valence-electron chi connectivity index (χ1n) is 9.83. The molecule has 2 aromatic carbocycles. The molecule has 2 amide bonds. The predicted molar refractivity (Wildman–Crippen MR) is 110 cm³/mol. The maximum Gasteiger partial charge on any atom is 0.319 e. The number of aromatic nitrogens is 1. The summed E-state index contributed by atoms with van der Waals surface area (Å²) in [5.74, 6) is 0.0171. The maximum atomic E-state index is 14.4. The van der Waals surface area contributed by atoms with Crippen LogP contribution in [0.15, 0.2) is 54.7 Å². The van der Waals surface area contributed by atoms with Crippen LogP contribution in [0.1, 0.15) is 43.4 Å². The number of anilines is 1. The second kappa shape index (κ2) is 7.97. The molecule has 2 atom stereocenters. The van der Waals surface area contributed by atoms with E-state index in [0.717, 1.165) is 36.8 Å². The van der Waals surface area contributed by atoms with Gasteiger partial charge in [-0.25, -0.2) is 9.18 Å². The highest BCUT2D eigenvalue weighted by atomic mass is 19.1. The number of carbonyl (C=O) groups is 1. The molecule has 0 unspecified atom stereocenters. The first-order chi connectivity index (χ1) is 13.6. The number of nitrogens with one attached hydrogen (secondary N) is 2. The van der Waals surface area contributed by atoms with Gasteiger partial charge in [-0.05, 0) is 55.4 Å². The number of aryl methyl sites for hydroxylation is 1. The van der Waals surface area contributed by atoms with Crippen LogP contribution >= 0.6 is 0 Å². The van der Waals surface area contributed by atoms with Crippen molar-refractivity contribution in [3.8, 4) is 0 Å². The molecule has 0 aliphatic heterocycles. The fraction of sp³-hybridized carbons (Fsp3) is 0.304. The van der Waals surface area contributed by atoms with Crippen LogP contribution in [0.4, 0.5) is 14.9 Å². The third-order valence-electron chi connectivity index (χ3n) is 5.55. The highest BCUT2D eigenvalue weighted by Gasteiger charge is 2.27. The number of hydrogen-bond acceptors (Lipinski definition) is 2. The molecule has 1 heterocycles. The molecule has 0 spiro atoms. The number of carbonyl (C=O) groups excluding carboxylic acids is 1. The molecule has 0 bridgehead atoms. The summed E-state index contributed by atoms with van der Waals surface area (Å²) in [6.45, 7) is 2.00. The minimum atomic E-state index is -0.440. The Balaban J connectivity index is 1.46. The smallest absolute Gasteiger partial charge is 0.319 e. The Labute approximate surface area is 164 Å². The summed E-state index contributed by atoms with van der Waals surface area (Å²) in [7, 11) is 0. The van der Waals surface area contributed by atoms with Crippen molar-refractivity contribution in [2.75, 3.05) is 5.32 Å². The van der Waals surface area contributed by atoms with Crippen LogP contribution in [0.5, 0.6) is 0 Å². The number of fused-ring (bicyclic) bond motifs is 1. The molecule has 144 valence electrons. The third-order valence-corrected chi connectivity index (χ3v) is 5.55. The Morgan fingerprint density at radius 3 is 2.79 bits per heavy atom. The van der Waals surface area contributed by atoms with Gasteiger partial charge in [-0.1, -0.05) is 37.3 Å². The number of halogens is 1. The molecule has 4 nitrogen and oxygen atoms in total. The standard InChI is InChI=1S/C23H24FN3O/c1-2-18-13-20-17(14-25-18)9-11-21(24)22(20)27-23(28)26-19-10-8-16(12-19)15-6-4-3-5-7-15/h3-7,9,11,13-14,16,19H,2,8,10,12H2,1H3,(H2,26,27,28)/t16-,19+/m0/s1. The summed E-state index contributed by atoms with van der Waals surface area (Å²) in [5, 5.41) is 7.23. The molecule has 1 saturated carbocycles. The lowest BCUT2D eigenvalue weighted by Gasteiger charge is -2.16. The largest absolute Gasteiger partial charge is 0.335 e. The average molecular weight is 377 g/mol. The van der Waals surface area contributed by atoms with E-state index in [1.54, 1.807) is 12.3 Å². The molecule has 4 rings (SSSR count). The number of urea groups is 1. The summed E-state index contributed by atoms with van der Waals surface area (Å²) < 4.78 is 14.4. The molecule has 0 saturated heterocycles. The van der Waals surface area contributed by atoms with Gasteiger partial charge in [0.2, 0.25) is 0 Å². The van der Waals surface area contributed by atoms with Gasteiger partial charge in [0.25, 0.3) is 0 Å². The van der Waals surface area contributed by atoms with E-state index < -0.39 is 5.82 Å². The second-order valence-corrected chi connectivity index (χ2v) is 7.39. The van der Waals surface area contributed by atoms with Crippen molar-refractivity contribution >= 4 is 22.5 Å². The fourth-order valence-electron chi connectivity index (χ4n) is 4.03. The quantitative estimate of drug-likeness (QED) is 0.640. The van der Waals surface area contributed by atoms with Gasteiger partial charge in [-0.15, -0.1) is 0 Å². The van der Waals surface area contributed by atoms with Gasteiger partial charge in [0.05, 0.1) is 5.69 Å². The topological polar surface area (TPSA) is 54.0 Å². The predicted octanol–water partition coefficient (Wildman–Crippen LogP) is 5.39. The van der Waals surface area contributed by atoms with Gasteiger partial charge in [0, 0.05) is 28.7 Å². The van der Waals surface area contributed by atoms with E-state index in [0.29, 0.717) is 11.3 Å². The van der Waals surface area contributed by atoms with Crippen molar-refractivity contribution in [3.05, 3.63) is 71.8 Å². The molecule has 28 heavy (non-hydrogen) atoms. The summed E-state index contributed by atoms with van der Waals surface area (Å²) in [4.78, 5) is 16.9. The zero-order chi connectivity index (χ0) is 19.5. The van der Waals surface area contributed by atoms with Crippen molar-refractivity contribution in [2.24, 2.45) is 0 Å². The van der Waals surface area contributed by atoms with Crippen LogP contribution in [-0.2, 0) is 6.42 Å². The van der Waals surface area contributed by atoms with Crippen LogP contribution in [0.2, 0.25) is 0 Å². The van der Waals surface area contributed by atoms with Crippen molar-refractivity contribution in [1.29, 1.82) is 0 Å². The van der Waals surface area contributed by atoms with Crippen molar-refractivity contribution in [1.82, 2.24) is 10.3 Å². The minimum Gasteiger partial charge on any atom is -0.335 e. The SMILES string of the molecule is CCc1cc2c(NC(=O)N[C@@H]3CC[C@H](c4ccccc4)C3)c(F)ccc2cn1. The Bertz CT molecular complexity index is 990. The molecule has 1 aliphatic rings. The normalized spacial score (nSPS) is 18.9. The van der Waals surface area contributed by atoms with Gasteiger partial charge < -0.3 is 10.6 Å². The Kier molecular flexibility index (Phi) is 5.24. The van der Waals surface area contributed by atoms with E-state index in [2.05, 4.69) is 27.8 Å². The number of pyridine rings is 1. The Morgan fingerprint density at radius 1 is 1.18 bits per heavy atom. The fourth-order valence-corrected chi connectivity index (χ4v) is 4.03. The summed E-state index contributed by atoms with van der Waals surface area (Å²) in [6.07, 6.45) is 5.34. The molecular weight excluding hydrogens is 353 g/mol. The van der Waals surface area contributed by atoms with Crippen molar-refractivity contribution < 1.29 is 9.18 Å². The van der Waals surface area contributed by atoms with Crippen LogP contribution < -0.4 is 10.6 Å². The highest BCUT2D eigenvalue weighted by Crippen LogP contribution is 2.34. The number of benzene rings is 2. The lowest BCUT2D eigenvalue weighted by atomic mass is 9.98. The van der Waals surface area contributed by atoms with E-state index in [1.165, 1.54) is 11.6 Å². The Morgan fingerprint density at radius 2 is 2.00 bits per heavy atom. The molecule has 1 fully saturated rings. The Hall–Kier alpha value is -2.95. The van der Waals surface area contributed by atoms with Gasteiger partial charge in [-0.2, -0.15) is 0 Å². The molecule has 0 radical (unpaired) electrons. The maximum absolute atomic E-state index is 14.4. The van der Waals surface area contributed by atoms with Crippen molar-refractivity contribution in [2.45, 2.75) is 44.6 Å².